The molecule has 28 heavy (non-hydrogen) atoms. The average Bonchev–Trinajstić information content (AvgIpc) is 2.98. The number of carbonyl (C=O) groups excluding carboxylic acids is 2. The second-order valence-electron chi connectivity index (χ2n) is 7.03. The third-order valence-electron chi connectivity index (χ3n) is 5.21. The van der Waals surface area contributed by atoms with Crippen LogP contribution in [0.3, 0.4) is 0 Å². The molecule has 2 heterocycles. The van der Waals surface area contributed by atoms with Crippen LogP contribution in [-0.4, -0.2) is 72.4 Å². The highest BCUT2D eigenvalue weighted by Gasteiger charge is 2.41. The van der Waals surface area contributed by atoms with Crippen LogP contribution in [0.5, 0.6) is 5.75 Å². The Balaban J connectivity index is 1.94. The SMILES string of the molecule is C=CCN1C(=O)C(c2ccc(OCCC)cc2)=C(N2CCN(CC)CC2)C1=O. The lowest BCUT2D eigenvalue weighted by atomic mass is 10.0. The second kappa shape index (κ2) is 9.06. The number of amides is 2. The molecule has 6 nitrogen and oxygen atoms in total. The Morgan fingerprint density at radius 2 is 1.71 bits per heavy atom. The normalized spacial score (nSPS) is 18.2. The van der Waals surface area contributed by atoms with Crippen molar-refractivity contribution in [2.45, 2.75) is 20.3 Å². The van der Waals surface area contributed by atoms with E-state index in [-0.39, 0.29) is 18.4 Å². The van der Waals surface area contributed by atoms with E-state index in [1.807, 2.05) is 24.3 Å². The minimum atomic E-state index is -0.250. The van der Waals surface area contributed by atoms with Gasteiger partial charge in [0, 0.05) is 32.7 Å². The summed E-state index contributed by atoms with van der Waals surface area (Å²) in [7, 11) is 0. The van der Waals surface area contributed by atoms with Crippen LogP contribution in [0.25, 0.3) is 5.57 Å². The summed E-state index contributed by atoms with van der Waals surface area (Å²) >= 11 is 0. The molecule has 3 rings (SSSR count). The summed E-state index contributed by atoms with van der Waals surface area (Å²) < 4.78 is 5.64. The number of imide groups is 1. The van der Waals surface area contributed by atoms with E-state index in [2.05, 4.69) is 30.2 Å². The van der Waals surface area contributed by atoms with Crippen LogP contribution in [0.4, 0.5) is 0 Å². The van der Waals surface area contributed by atoms with Crippen LogP contribution in [0.15, 0.2) is 42.6 Å². The third kappa shape index (κ3) is 3.97. The van der Waals surface area contributed by atoms with Gasteiger partial charge >= 0.3 is 0 Å². The monoisotopic (exact) mass is 383 g/mol. The summed E-state index contributed by atoms with van der Waals surface area (Å²) in [5.41, 5.74) is 1.75. The Morgan fingerprint density at radius 3 is 2.29 bits per heavy atom. The van der Waals surface area contributed by atoms with Gasteiger partial charge in [0.25, 0.3) is 11.8 Å². The maximum atomic E-state index is 13.1. The molecule has 0 bridgehead atoms. The van der Waals surface area contributed by atoms with Crippen LogP contribution < -0.4 is 4.74 Å². The van der Waals surface area contributed by atoms with Crippen molar-refractivity contribution in [3.05, 3.63) is 48.2 Å². The van der Waals surface area contributed by atoms with Gasteiger partial charge in [-0.25, -0.2) is 0 Å². The average molecular weight is 383 g/mol. The van der Waals surface area contributed by atoms with E-state index in [0.717, 1.165) is 50.5 Å². The fourth-order valence-corrected chi connectivity index (χ4v) is 3.64. The molecule has 0 aromatic heterocycles. The van der Waals surface area contributed by atoms with Crippen molar-refractivity contribution in [1.29, 1.82) is 0 Å². The van der Waals surface area contributed by atoms with Crippen molar-refractivity contribution in [3.8, 4) is 5.75 Å². The quantitative estimate of drug-likeness (QED) is 0.510. The molecule has 2 aliphatic heterocycles. The molecular weight excluding hydrogens is 354 g/mol. The minimum Gasteiger partial charge on any atom is -0.494 e. The molecule has 0 N–H and O–H groups in total. The van der Waals surface area contributed by atoms with Gasteiger partial charge in [0.15, 0.2) is 0 Å². The highest BCUT2D eigenvalue weighted by molar-refractivity contribution is 6.35. The first-order valence-corrected chi connectivity index (χ1v) is 10.0. The largest absolute Gasteiger partial charge is 0.494 e. The van der Waals surface area contributed by atoms with Gasteiger partial charge in [0.1, 0.15) is 11.4 Å². The number of carbonyl (C=O) groups is 2. The zero-order chi connectivity index (χ0) is 20.1. The standard InChI is InChI=1S/C22H29N3O3/c1-4-11-25-21(26)19(17-7-9-18(10-8-17)28-16-5-2)20(22(25)27)24-14-12-23(6-3)13-15-24/h4,7-10H,1,5-6,11-16H2,2-3H3. The Labute approximate surface area is 167 Å². The van der Waals surface area contributed by atoms with Crippen LogP contribution in [0.1, 0.15) is 25.8 Å². The number of ether oxygens (including phenoxy) is 1. The van der Waals surface area contributed by atoms with E-state index in [1.54, 1.807) is 6.08 Å². The summed E-state index contributed by atoms with van der Waals surface area (Å²) in [5, 5.41) is 0. The van der Waals surface area contributed by atoms with Gasteiger partial charge in [0.05, 0.1) is 12.2 Å². The molecule has 0 radical (unpaired) electrons. The molecule has 0 atom stereocenters. The molecule has 0 unspecified atom stereocenters. The maximum Gasteiger partial charge on any atom is 0.278 e. The topological polar surface area (TPSA) is 53.1 Å². The lowest BCUT2D eigenvalue weighted by Crippen LogP contribution is -2.47. The van der Waals surface area contributed by atoms with Crippen LogP contribution in [-0.2, 0) is 9.59 Å². The fraction of sp³-hybridized carbons (Fsp3) is 0.455. The van der Waals surface area contributed by atoms with E-state index < -0.39 is 0 Å². The molecule has 1 aromatic rings. The Bertz CT molecular complexity index is 762. The summed E-state index contributed by atoms with van der Waals surface area (Å²) in [4.78, 5) is 31.8. The summed E-state index contributed by atoms with van der Waals surface area (Å²) in [6, 6.07) is 7.45. The smallest absolute Gasteiger partial charge is 0.278 e. The van der Waals surface area contributed by atoms with Crippen molar-refractivity contribution in [2.24, 2.45) is 0 Å². The van der Waals surface area contributed by atoms with E-state index in [4.69, 9.17) is 4.74 Å². The van der Waals surface area contributed by atoms with Gasteiger partial charge in [-0.2, -0.15) is 0 Å². The van der Waals surface area contributed by atoms with Gasteiger partial charge in [-0.15, -0.1) is 6.58 Å². The number of rotatable bonds is 8. The van der Waals surface area contributed by atoms with Gasteiger partial charge in [-0.3, -0.25) is 14.5 Å². The van der Waals surface area contributed by atoms with Gasteiger partial charge < -0.3 is 14.5 Å². The summed E-state index contributed by atoms with van der Waals surface area (Å²) in [5.74, 6) is 0.292. The molecule has 0 spiro atoms. The Hall–Kier alpha value is -2.60. The lowest BCUT2D eigenvalue weighted by molar-refractivity contribution is -0.137. The molecule has 1 aromatic carbocycles. The molecule has 1 saturated heterocycles. The number of hydrogen-bond donors (Lipinski definition) is 0. The molecule has 0 saturated carbocycles. The molecule has 2 aliphatic rings. The van der Waals surface area contributed by atoms with E-state index in [1.165, 1.54) is 4.90 Å². The Kier molecular flexibility index (Phi) is 6.52. The molecular formula is C22H29N3O3. The highest BCUT2D eigenvalue weighted by atomic mass is 16.5. The van der Waals surface area contributed by atoms with Crippen LogP contribution >= 0.6 is 0 Å². The zero-order valence-corrected chi connectivity index (χ0v) is 16.8. The van der Waals surface area contributed by atoms with Gasteiger partial charge in [0.2, 0.25) is 0 Å². The highest BCUT2D eigenvalue weighted by Crippen LogP contribution is 2.33. The second-order valence-corrected chi connectivity index (χ2v) is 7.03. The Morgan fingerprint density at radius 1 is 1.04 bits per heavy atom. The van der Waals surface area contributed by atoms with E-state index in [9.17, 15) is 9.59 Å². The van der Waals surface area contributed by atoms with Crippen molar-refractivity contribution in [2.75, 3.05) is 45.9 Å². The number of nitrogens with zero attached hydrogens (tertiary/aromatic N) is 3. The molecule has 6 heteroatoms. The predicted octanol–water partition coefficient (Wildman–Crippen LogP) is 2.38. The van der Waals surface area contributed by atoms with Crippen molar-refractivity contribution in [3.63, 3.8) is 0 Å². The van der Waals surface area contributed by atoms with Gasteiger partial charge in [-0.1, -0.05) is 32.1 Å². The first-order valence-electron chi connectivity index (χ1n) is 10.0. The molecule has 1 fully saturated rings. The van der Waals surface area contributed by atoms with Crippen LogP contribution in [0, 0.1) is 0 Å². The predicted molar refractivity (Wildman–Crippen MR) is 110 cm³/mol. The number of benzene rings is 1. The third-order valence-corrected chi connectivity index (χ3v) is 5.21. The molecule has 0 aliphatic carbocycles. The summed E-state index contributed by atoms with van der Waals surface area (Å²) in [6.07, 6.45) is 2.53. The van der Waals surface area contributed by atoms with Crippen molar-refractivity contribution in [1.82, 2.24) is 14.7 Å². The molecule has 150 valence electrons. The first-order chi connectivity index (χ1) is 13.6. The number of piperazine rings is 1. The number of hydrogen-bond acceptors (Lipinski definition) is 5. The zero-order valence-electron chi connectivity index (χ0n) is 16.8. The van der Waals surface area contributed by atoms with Gasteiger partial charge in [-0.05, 0) is 30.7 Å². The van der Waals surface area contributed by atoms with Crippen LogP contribution in [0.2, 0.25) is 0 Å². The van der Waals surface area contributed by atoms with E-state index in [0.29, 0.717) is 17.9 Å². The maximum absolute atomic E-state index is 13.1. The molecule has 2 amide bonds. The van der Waals surface area contributed by atoms with E-state index >= 15 is 0 Å². The fourth-order valence-electron chi connectivity index (χ4n) is 3.64. The van der Waals surface area contributed by atoms with Crippen molar-refractivity contribution < 1.29 is 14.3 Å². The first kappa shape index (κ1) is 20.1. The van der Waals surface area contributed by atoms with Crippen molar-refractivity contribution >= 4 is 17.4 Å². The lowest BCUT2D eigenvalue weighted by Gasteiger charge is -2.35. The number of likely N-dealkylation sites (N-methyl/N-ethyl adjacent to an activating group) is 1. The summed E-state index contributed by atoms with van der Waals surface area (Å²) in [6.45, 7) is 13.0. The minimum absolute atomic E-state index is 0.220.